The van der Waals surface area contributed by atoms with Crippen LogP contribution in [0.5, 0.6) is 0 Å². The van der Waals surface area contributed by atoms with E-state index in [0.29, 0.717) is 6.54 Å². The monoisotopic (exact) mass is 310 g/mol. The number of benzene rings is 1. The molecule has 0 unspecified atom stereocenters. The molecule has 1 aromatic carbocycles. The predicted octanol–water partition coefficient (Wildman–Crippen LogP) is 0.708. The fraction of sp³-hybridized carbons (Fsp3) is 0.462. The molecule has 5 heteroatoms. The van der Waals surface area contributed by atoms with Gasteiger partial charge in [0.1, 0.15) is 0 Å². The van der Waals surface area contributed by atoms with Crippen molar-refractivity contribution >= 4 is 21.8 Å². The maximum atomic E-state index is 11.8. The molecule has 2 N–H and O–H groups in total. The third-order valence-electron chi connectivity index (χ3n) is 3.90. The number of carbonyl (C=O) groups is 1. The van der Waals surface area contributed by atoms with Gasteiger partial charge in [-0.15, -0.1) is 0 Å². The molecular formula is C13H15BrN2O2. The van der Waals surface area contributed by atoms with Gasteiger partial charge in [-0.2, -0.15) is 0 Å². The third kappa shape index (κ3) is 1.77. The van der Waals surface area contributed by atoms with E-state index in [4.69, 9.17) is 0 Å². The third-order valence-corrected chi connectivity index (χ3v) is 4.43. The second-order valence-electron chi connectivity index (χ2n) is 4.83. The second kappa shape index (κ2) is 4.64. The van der Waals surface area contributed by atoms with Crippen LogP contribution in [0, 0.1) is 0 Å². The average Bonchev–Trinajstić information content (AvgIpc) is 2.34. The summed E-state index contributed by atoms with van der Waals surface area (Å²) >= 11 is 3.42. The van der Waals surface area contributed by atoms with Crippen LogP contribution in [-0.4, -0.2) is 47.7 Å². The maximum Gasteiger partial charge on any atom is 0.237 e. The van der Waals surface area contributed by atoms with Crippen LogP contribution in [0.25, 0.3) is 0 Å². The molecule has 96 valence electrons. The van der Waals surface area contributed by atoms with Crippen molar-refractivity contribution in [2.75, 3.05) is 19.7 Å². The molecular weight excluding hydrogens is 296 g/mol. The van der Waals surface area contributed by atoms with E-state index >= 15 is 0 Å². The molecule has 0 aliphatic carbocycles. The minimum Gasteiger partial charge on any atom is -0.394 e. The zero-order chi connectivity index (χ0) is 12.7. The Kier molecular flexibility index (Phi) is 3.13. The summed E-state index contributed by atoms with van der Waals surface area (Å²) in [6.45, 7) is 1.23. The van der Waals surface area contributed by atoms with Crippen LogP contribution in [0.2, 0.25) is 0 Å². The van der Waals surface area contributed by atoms with Crippen molar-refractivity contribution in [1.82, 2.24) is 10.2 Å². The van der Waals surface area contributed by atoms with E-state index in [1.807, 2.05) is 17.0 Å². The lowest BCUT2D eigenvalue weighted by molar-refractivity contribution is -0.153. The second-order valence-corrected chi connectivity index (χ2v) is 5.74. The van der Waals surface area contributed by atoms with Crippen LogP contribution in [0.3, 0.4) is 0 Å². The van der Waals surface area contributed by atoms with E-state index in [2.05, 4.69) is 33.4 Å². The molecule has 1 aromatic rings. The molecule has 0 bridgehead atoms. The molecule has 2 aliphatic rings. The Labute approximate surface area is 114 Å². The van der Waals surface area contributed by atoms with Crippen molar-refractivity contribution in [3.8, 4) is 0 Å². The molecule has 0 saturated carbocycles. The van der Waals surface area contributed by atoms with E-state index in [0.717, 1.165) is 11.0 Å². The van der Waals surface area contributed by atoms with Gasteiger partial charge in [-0.05, 0) is 17.7 Å². The molecule has 4 nitrogen and oxygen atoms in total. The predicted molar refractivity (Wildman–Crippen MR) is 71.3 cm³/mol. The van der Waals surface area contributed by atoms with Crippen molar-refractivity contribution in [3.63, 3.8) is 0 Å². The molecule has 0 aromatic heterocycles. The Balaban J connectivity index is 1.88. The number of hydrogen-bond acceptors (Lipinski definition) is 3. The first-order chi connectivity index (χ1) is 8.72. The van der Waals surface area contributed by atoms with Crippen LogP contribution in [0.1, 0.15) is 11.5 Å². The van der Waals surface area contributed by atoms with E-state index in [1.165, 1.54) is 5.56 Å². The number of amides is 1. The quantitative estimate of drug-likeness (QED) is 0.846. The van der Waals surface area contributed by atoms with Crippen molar-refractivity contribution in [3.05, 3.63) is 34.3 Å². The number of rotatable bonds is 2. The van der Waals surface area contributed by atoms with E-state index in [1.54, 1.807) is 0 Å². The number of carbonyl (C=O) groups excluding carboxylic acids is 1. The van der Waals surface area contributed by atoms with Gasteiger partial charge in [-0.1, -0.05) is 28.1 Å². The van der Waals surface area contributed by atoms with Crippen LogP contribution >= 0.6 is 15.9 Å². The number of nitrogens with one attached hydrogen (secondary N) is 1. The van der Waals surface area contributed by atoms with Gasteiger partial charge in [0.2, 0.25) is 5.91 Å². The summed E-state index contributed by atoms with van der Waals surface area (Å²) in [5, 5.41) is 12.6. The smallest absolute Gasteiger partial charge is 0.237 e. The lowest BCUT2D eigenvalue weighted by Crippen LogP contribution is -2.72. The molecule has 2 saturated heterocycles. The van der Waals surface area contributed by atoms with Crippen LogP contribution < -0.4 is 5.32 Å². The van der Waals surface area contributed by atoms with Gasteiger partial charge in [-0.3, -0.25) is 4.79 Å². The summed E-state index contributed by atoms with van der Waals surface area (Å²) in [4.78, 5) is 13.6. The first kappa shape index (κ1) is 12.1. The average molecular weight is 311 g/mol. The molecule has 0 spiro atoms. The normalized spacial score (nSPS) is 30.9. The summed E-state index contributed by atoms with van der Waals surface area (Å²) in [5.74, 6) is 0.332. The van der Waals surface area contributed by atoms with E-state index in [-0.39, 0.29) is 30.5 Å². The Morgan fingerprint density at radius 1 is 1.39 bits per heavy atom. The van der Waals surface area contributed by atoms with Crippen molar-refractivity contribution in [1.29, 1.82) is 0 Å². The van der Waals surface area contributed by atoms with Crippen molar-refractivity contribution in [2.45, 2.75) is 18.0 Å². The summed E-state index contributed by atoms with van der Waals surface area (Å²) in [7, 11) is 0. The fourth-order valence-electron chi connectivity index (χ4n) is 3.09. The number of piperazine rings is 1. The maximum absolute atomic E-state index is 11.8. The molecule has 3 rings (SSSR count). The fourth-order valence-corrected chi connectivity index (χ4v) is 3.36. The molecule has 1 amide bonds. The summed E-state index contributed by atoms with van der Waals surface area (Å²) in [6, 6.07) is 8.26. The Morgan fingerprint density at radius 3 is 2.78 bits per heavy atom. The largest absolute Gasteiger partial charge is 0.394 e. The van der Waals surface area contributed by atoms with Gasteiger partial charge in [0.05, 0.1) is 25.2 Å². The Hall–Kier alpha value is -0.910. The van der Waals surface area contributed by atoms with E-state index in [9.17, 15) is 9.90 Å². The van der Waals surface area contributed by atoms with Crippen LogP contribution in [0.4, 0.5) is 0 Å². The Bertz CT molecular complexity index is 457. The lowest BCUT2D eigenvalue weighted by atomic mass is 9.74. The summed E-state index contributed by atoms with van der Waals surface area (Å²) in [6.07, 6.45) is 0. The minimum absolute atomic E-state index is 0.0307. The standard InChI is InChI=1S/C13H15BrN2O2/c14-9-3-1-8(2-4-9)13-10-5-15-6-12(18)16(10)11(13)7-17/h1-4,10-11,13,15,17H,5-7H2/t10-,11+,13-/m0/s1. The van der Waals surface area contributed by atoms with Gasteiger partial charge in [0.25, 0.3) is 0 Å². The number of hydrogen-bond donors (Lipinski definition) is 2. The number of aliphatic hydroxyl groups is 1. The molecule has 3 atom stereocenters. The molecule has 0 radical (unpaired) electrons. The molecule has 2 fully saturated rings. The highest BCUT2D eigenvalue weighted by atomic mass is 79.9. The van der Waals surface area contributed by atoms with Gasteiger partial charge in [0.15, 0.2) is 0 Å². The Morgan fingerprint density at radius 2 is 2.11 bits per heavy atom. The highest BCUT2D eigenvalue weighted by Gasteiger charge is 2.52. The highest BCUT2D eigenvalue weighted by Crippen LogP contribution is 2.41. The topological polar surface area (TPSA) is 52.6 Å². The van der Waals surface area contributed by atoms with Crippen molar-refractivity contribution in [2.24, 2.45) is 0 Å². The first-order valence-corrected chi connectivity index (χ1v) is 6.90. The van der Waals surface area contributed by atoms with Gasteiger partial charge < -0.3 is 15.3 Å². The highest BCUT2D eigenvalue weighted by molar-refractivity contribution is 9.10. The zero-order valence-electron chi connectivity index (χ0n) is 9.84. The first-order valence-electron chi connectivity index (χ1n) is 6.10. The van der Waals surface area contributed by atoms with Crippen LogP contribution in [-0.2, 0) is 4.79 Å². The molecule has 18 heavy (non-hydrogen) atoms. The van der Waals surface area contributed by atoms with E-state index < -0.39 is 0 Å². The number of aliphatic hydroxyl groups excluding tert-OH is 1. The summed E-state index contributed by atoms with van der Waals surface area (Å²) in [5.41, 5.74) is 1.19. The number of halogens is 1. The number of nitrogens with zero attached hydrogens (tertiary/aromatic N) is 1. The summed E-state index contributed by atoms with van der Waals surface area (Å²) < 4.78 is 1.04. The number of fused-ring (bicyclic) bond motifs is 1. The minimum atomic E-state index is -0.0641. The molecule has 2 heterocycles. The molecule has 2 aliphatic heterocycles. The van der Waals surface area contributed by atoms with Gasteiger partial charge >= 0.3 is 0 Å². The van der Waals surface area contributed by atoms with Gasteiger partial charge in [0, 0.05) is 16.9 Å². The van der Waals surface area contributed by atoms with Crippen LogP contribution in [0.15, 0.2) is 28.7 Å². The lowest BCUT2D eigenvalue weighted by Gasteiger charge is -2.57. The van der Waals surface area contributed by atoms with Crippen molar-refractivity contribution < 1.29 is 9.90 Å². The van der Waals surface area contributed by atoms with Gasteiger partial charge in [-0.25, -0.2) is 0 Å². The zero-order valence-corrected chi connectivity index (χ0v) is 11.4. The SMILES string of the molecule is O=C1CNC[C@H]2[C@H](c3ccc(Br)cc3)[C@@H](CO)N12.